The normalized spacial score (nSPS) is 13.3. The number of aromatic amines is 1. The third-order valence-electron chi connectivity index (χ3n) is 6.28. The van der Waals surface area contributed by atoms with Crippen molar-refractivity contribution in [3.63, 3.8) is 0 Å². The van der Waals surface area contributed by atoms with Crippen LogP contribution in [0.3, 0.4) is 0 Å². The molecule has 2 bridgehead atoms. The number of aromatic nitrogens is 6. The highest BCUT2D eigenvalue weighted by Crippen LogP contribution is 2.35. The SMILES string of the molecule is COC(=O)Nc1cc(NC(=O)C=Cc2cc(Cl)ccc2-n2cnnn2)c2c(c1)C(=O)NCCC=CCCc1ncc-2[nH]1. The summed E-state index contributed by atoms with van der Waals surface area (Å²) in [4.78, 5) is 46.4. The fourth-order valence-electron chi connectivity index (χ4n) is 4.37. The number of fused-ring (bicyclic) bond motifs is 4. The molecule has 0 spiro atoms. The number of carbonyl (C=O) groups excluding carboxylic acids is 3. The quantitative estimate of drug-likeness (QED) is 0.199. The average Bonchev–Trinajstić information content (AvgIpc) is 3.68. The van der Waals surface area contributed by atoms with E-state index in [-0.39, 0.29) is 16.9 Å². The van der Waals surface area contributed by atoms with Crippen molar-refractivity contribution in [3.8, 4) is 16.9 Å². The highest BCUT2D eigenvalue weighted by molar-refractivity contribution is 6.30. The Hall–Kier alpha value is -5.30. The number of methoxy groups -OCH3 is 1. The number of halogens is 1. The van der Waals surface area contributed by atoms with E-state index in [0.29, 0.717) is 46.9 Å². The number of rotatable bonds is 5. The van der Waals surface area contributed by atoms with Crippen molar-refractivity contribution in [2.45, 2.75) is 19.3 Å². The van der Waals surface area contributed by atoms with E-state index in [1.807, 2.05) is 12.2 Å². The highest BCUT2D eigenvalue weighted by atomic mass is 35.5. The summed E-state index contributed by atoms with van der Waals surface area (Å²) in [5, 5.41) is 20.0. The molecular weight excluding hydrogens is 562 g/mol. The number of amides is 3. The lowest BCUT2D eigenvalue weighted by Crippen LogP contribution is -2.25. The van der Waals surface area contributed by atoms with Gasteiger partial charge in [0.25, 0.3) is 5.91 Å². The van der Waals surface area contributed by atoms with Crippen LogP contribution in [0.1, 0.15) is 34.6 Å². The van der Waals surface area contributed by atoms with Crippen LogP contribution in [0.2, 0.25) is 5.02 Å². The van der Waals surface area contributed by atoms with Gasteiger partial charge in [-0.3, -0.25) is 14.9 Å². The number of allylic oxidation sites excluding steroid dienone is 1. The number of anilines is 2. The number of hydrogen-bond acceptors (Lipinski definition) is 8. The Morgan fingerprint density at radius 3 is 2.81 bits per heavy atom. The molecule has 1 aliphatic rings. The molecule has 2 aromatic carbocycles. The first-order valence-electron chi connectivity index (χ1n) is 12.9. The molecule has 14 heteroatoms. The van der Waals surface area contributed by atoms with Gasteiger partial charge in [0.05, 0.1) is 35.9 Å². The van der Waals surface area contributed by atoms with Gasteiger partial charge in [0.2, 0.25) is 5.91 Å². The Morgan fingerprint density at radius 2 is 2.00 bits per heavy atom. The fourth-order valence-corrected chi connectivity index (χ4v) is 4.55. The predicted octanol–water partition coefficient (Wildman–Crippen LogP) is 4.16. The van der Waals surface area contributed by atoms with Crippen molar-refractivity contribution in [1.82, 2.24) is 35.5 Å². The molecule has 4 aromatic rings. The minimum Gasteiger partial charge on any atom is -0.453 e. The number of hydrogen-bond donors (Lipinski definition) is 4. The molecule has 0 aliphatic carbocycles. The molecule has 42 heavy (non-hydrogen) atoms. The lowest BCUT2D eigenvalue weighted by Gasteiger charge is -2.17. The fraction of sp³-hybridized carbons (Fsp3) is 0.179. The van der Waals surface area contributed by atoms with Crippen LogP contribution >= 0.6 is 11.6 Å². The highest BCUT2D eigenvalue weighted by Gasteiger charge is 2.22. The predicted molar refractivity (Wildman–Crippen MR) is 156 cm³/mol. The minimum atomic E-state index is -0.734. The molecule has 5 rings (SSSR count). The Labute approximate surface area is 245 Å². The van der Waals surface area contributed by atoms with Gasteiger partial charge in [-0.2, -0.15) is 4.68 Å². The molecule has 214 valence electrons. The van der Waals surface area contributed by atoms with E-state index in [1.54, 1.807) is 36.5 Å². The van der Waals surface area contributed by atoms with Crippen molar-refractivity contribution in [2.75, 3.05) is 24.3 Å². The smallest absolute Gasteiger partial charge is 0.411 e. The molecule has 0 fully saturated rings. The summed E-state index contributed by atoms with van der Waals surface area (Å²) in [6, 6.07) is 8.15. The Balaban J connectivity index is 1.54. The standard InChI is InChI=1S/C28H26ClN9O4/c1-42-28(41)33-19-13-20-26(22-15-31-24(34-22)6-4-2-3-5-11-30-27(20)40)21(14-19)35-25(39)10-7-17-12-18(29)8-9-23(17)38-16-32-36-37-38/h2-3,7-10,12-16H,4-6,11H2,1H3,(H,30,40)(H,31,34)(H,33,41)(H,35,39). The van der Waals surface area contributed by atoms with Crippen LogP contribution in [0.5, 0.6) is 0 Å². The van der Waals surface area contributed by atoms with Crippen LogP contribution in [0.15, 0.2) is 61.1 Å². The van der Waals surface area contributed by atoms with Gasteiger partial charge in [0.1, 0.15) is 12.2 Å². The Morgan fingerprint density at radius 1 is 1.14 bits per heavy atom. The van der Waals surface area contributed by atoms with Gasteiger partial charge in [0.15, 0.2) is 0 Å². The van der Waals surface area contributed by atoms with E-state index in [9.17, 15) is 14.4 Å². The Kier molecular flexibility index (Phi) is 8.68. The number of benzene rings is 2. The van der Waals surface area contributed by atoms with Crippen molar-refractivity contribution in [2.24, 2.45) is 0 Å². The number of aryl methyl sites for hydroxylation is 1. The molecule has 2 aromatic heterocycles. The summed E-state index contributed by atoms with van der Waals surface area (Å²) in [6.07, 6.45) is 11.3. The van der Waals surface area contributed by atoms with E-state index in [2.05, 4.69) is 41.4 Å². The van der Waals surface area contributed by atoms with Crippen molar-refractivity contribution >= 4 is 47.0 Å². The van der Waals surface area contributed by atoms with Gasteiger partial charge in [-0.15, -0.1) is 5.10 Å². The summed E-state index contributed by atoms with van der Waals surface area (Å²) in [5.41, 5.74) is 2.86. The van der Waals surface area contributed by atoms with Crippen molar-refractivity contribution in [3.05, 3.63) is 83.1 Å². The number of carbonyl (C=O) groups is 3. The van der Waals surface area contributed by atoms with Gasteiger partial charge in [0, 0.05) is 40.9 Å². The molecule has 0 saturated carbocycles. The molecular formula is C28H26ClN9O4. The van der Waals surface area contributed by atoms with Gasteiger partial charge >= 0.3 is 6.09 Å². The molecule has 13 nitrogen and oxygen atoms in total. The lowest BCUT2D eigenvalue weighted by atomic mass is 10.00. The number of ether oxygens (including phenoxy) is 1. The van der Waals surface area contributed by atoms with Crippen LogP contribution in [0.25, 0.3) is 23.0 Å². The van der Waals surface area contributed by atoms with E-state index < -0.39 is 17.9 Å². The monoisotopic (exact) mass is 587 g/mol. The molecule has 0 unspecified atom stereocenters. The van der Waals surface area contributed by atoms with Gasteiger partial charge in [-0.1, -0.05) is 23.8 Å². The zero-order valence-corrected chi connectivity index (χ0v) is 23.2. The van der Waals surface area contributed by atoms with Crippen LogP contribution in [-0.4, -0.2) is 61.7 Å². The number of nitrogens with one attached hydrogen (secondary N) is 4. The molecule has 0 saturated heterocycles. The van der Waals surface area contributed by atoms with Crippen molar-refractivity contribution in [1.29, 1.82) is 0 Å². The van der Waals surface area contributed by atoms with E-state index >= 15 is 0 Å². The van der Waals surface area contributed by atoms with E-state index in [4.69, 9.17) is 16.3 Å². The second-order valence-electron chi connectivity index (χ2n) is 9.14. The maximum absolute atomic E-state index is 13.4. The first-order chi connectivity index (χ1) is 20.4. The molecule has 0 atom stereocenters. The third-order valence-corrected chi connectivity index (χ3v) is 6.52. The zero-order valence-electron chi connectivity index (χ0n) is 22.4. The third kappa shape index (κ3) is 6.70. The lowest BCUT2D eigenvalue weighted by molar-refractivity contribution is -0.111. The maximum Gasteiger partial charge on any atom is 0.411 e. The van der Waals surface area contributed by atoms with E-state index in [1.165, 1.54) is 30.3 Å². The molecule has 1 aliphatic heterocycles. The molecule has 4 N–H and O–H groups in total. The minimum absolute atomic E-state index is 0.220. The first kappa shape index (κ1) is 28.2. The average molecular weight is 588 g/mol. The zero-order chi connectivity index (χ0) is 29.5. The number of H-pyrrole nitrogens is 1. The molecule has 3 heterocycles. The second kappa shape index (κ2) is 12.9. The summed E-state index contributed by atoms with van der Waals surface area (Å²) >= 11 is 6.20. The van der Waals surface area contributed by atoms with E-state index in [0.717, 1.165) is 12.2 Å². The van der Waals surface area contributed by atoms with Gasteiger partial charge in [-0.05, 0) is 59.7 Å². The topological polar surface area (TPSA) is 169 Å². The number of imidazole rings is 1. The Bertz CT molecular complexity index is 1680. The summed E-state index contributed by atoms with van der Waals surface area (Å²) < 4.78 is 6.18. The summed E-state index contributed by atoms with van der Waals surface area (Å²) in [6.45, 7) is 0.407. The second-order valence-corrected chi connectivity index (χ2v) is 9.58. The summed E-state index contributed by atoms with van der Waals surface area (Å²) in [7, 11) is 1.23. The number of nitrogens with zero attached hydrogens (tertiary/aromatic N) is 5. The van der Waals surface area contributed by atoms with Crippen molar-refractivity contribution < 1.29 is 19.1 Å². The van der Waals surface area contributed by atoms with Gasteiger partial charge < -0.3 is 20.4 Å². The summed E-state index contributed by atoms with van der Waals surface area (Å²) in [5.74, 6) is -0.175. The molecule has 0 radical (unpaired) electrons. The van der Waals surface area contributed by atoms with Gasteiger partial charge in [-0.25, -0.2) is 9.78 Å². The van der Waals surface area contributed by atoms with Crippen LogP contribution in [0.4, 0.5) is 16.2 Å². The maximum atomic E-state index is 13.4. The largest absolute Gasteiger partial charge is 0.453 e. The van der Waals surface area contributed by atoms with Crippen LogP contribution < -0.4 is 16.0 Å². The molecule has 3 amide bonds. The van der Waals surface area contributed by atoms with Crippen LogP contribution in [-0.2, 0) is 16.0 Å². The number of tetrazole rings is 1. The van der Waals surface area contributed by atoms with Crippen LogP contribution in [0, 0.1) is 0 Å². The first-order valence-corrected chi connectivity index (χ1v) is 13.3.